The largest absolute Gasteiger partial charge is 0.465 e. The summed E-state index contributed by atoms with van der Waals surface area (Å²) in [5, 5.41) is 9.24. The molecule has 8 nitrogen and oxygen atoms in total. The molecular weight excluding hydrogens is 348 g/mol. The predicted octanol–water partition coefficient (Wildman–Crippen LogP) is 1.00. The maximum absolute atomic E-state index is 12.0. The van der Waals surface area contributed by atoms with Gasteiger partial charge in [-0.3, -0.25) is 9.69 Å². The lowest BCUT2D eigenvalue weighted by Gasteiger charge is -2.33. The van der Waals surface area contributed by atoms with Gasteiger partial charge in [0.2, 0.25) is 5.91 Å². The third-order valence-electron chi connectivity index (χ3n) is 3.22. The van der Waals surface area contributed by atoms with Crippen LogP contribution >= 0.6 is 11.6 Å². The Kier molecular flexibility index (Phi) is 5.00. The molecule has 0 spiro atoms. The van der Waals surface area contributed by atoms with Gasteiger partial charge in [0.15, 0.2) is 0 Å². The zero-order valence-corrected chi connectivity index (χ0v) is 13.8. The summed E-state index contributed by atoms with van der Waals surface area (Å²) >= 11 is 6.07. The van der Waals surface area contributed by atoms with Crippen LogP contribution in [0.1, 0.15) is 5.56 Å². The molecule has 23 heavy (non-hydrogen) atoms. The van der Waals surface area contributed by atoms with Gasteiger partial charge in [0, 0.05) is 24.7 Å². The third-order valence-corrected chi connectivity index (χ3v) is 4.08. The van der Waals surface area contributed by atoms with Crippen molar-refractivity contribution in [2.45, 2.75) is 6.54 Å². The van der Waals surface area contributed by atoms with Crippen LogP contribution in [-0.4, -0.2) is 61.2 Å². The first-order valence-corrected chi connectivity index (χ1v) is 8.78. The summed E-state index contributed by atoms with van der Waals surface area (Å²) in [4.78, 5) is 25.3. The fraction of sp³-hybridized carbons (Fsp3) is 0.385. The van der Waals surface area contributed by atoms with Crippen LogP contribution in [0, 0.1) is 0 Å². The summed E-state index contributed by atoms with van der Waals surface area (Å²) in [6, 6.07) is 4.34. The van der Waals surface area contributed by atoms with Crippen molar-refractivity contribution >= 4 is 33.7 Å². The topological polar surface area (TPSA) is 104 Å². The summed E-state index contributed by atoms with van der Waals surface area (Å²) in [7, 11) is -3.66. The van der Waals surface area contributed by atoms with Crippen molar-refractivity contribution in [1.29, 1.82) is 0 Å². The monoisotopic (exact) mass is 362 g/mol. The van der Waals surface area contributed by atoms with Gasteiger partial charge in [-0.25, -0.2) is 4.79 Å². The number of piperazine rings is 1. The minimum absolute atomic E-state index is 0.100. The van der Waals surface area contributed by atoms with Crippen LogP contribution in [0.5, 0.6) is 5.75 Å². The van der Waals surface area contributed by atoms with Gasteiger partial charge >= 0.3 is 16.2 Å². The fourth-order valence-corrected chi connectivity index (χ4v) is 2.77. The van der Waals surface area contributed by atoms with E-state index in [1.165, 1.54) is 23.1 Å². The Balaban J connectivity index is 2.12. The van der Waals surface area contributed by atoms with E-state index in [0.29, 0.717) is 10.6 Å². The van der Waals surface area contributed by atoms with Crippen molar-refractivity contribution in [2.24, 2.45) is 0 Å². The molecule has 0 aliphatic carbocycles. The second-order valence-corrected chi connectivity index (χ2v) is 7.04. The Morgan fingerprint density at radius 1 is 1.39 bits per heavy atom. The molecule has 0 unspecified atom stereocenters. The van der Waals surface area contributed by atoms with E-state index in [0.717, 1.165) is 11.2 Å². The van der Waals surface area contributed by atoms with E-state index in [-0.39, 0.29) is 37.8 Å². The average molecular weight is 363 g/mol. The molecule has 2 amide bonds. The number of hydrogen-bond donors (Lipinski definition) is 1. The standard InChI is InChI=1S/C13H15ClN2O6S/c1-23(20,21)22-10-2-3-11(14)9(6-10)7-15-4-5-16(13(18)19)8-12(15)17/h2-3,6H,4-5,7-8H2,1H3,(H,18,19). The molecule has 1 aliphatic heterocycles. The number of amides is 2. The molecule has 1 aromatic carbocycles. The molecule has 0 atom stereocenters. The van der Waals surface area contributed by atoms with Crippen LogP contribution in [0.25, 0.3) is 0 Å². The second-order valence-electron chi connectivity index (χ2n) is 5.06. The third kappa shape index (κ3) is 4.73. The van der Waals surface area contributed by atoms with Gasteiger partial charge in [-0.05, 0) is 23.8 Å². The molecule has 10 heteroatoms. The lowest BCUT2D eigenvalue weighted by molar-refractivity contribution is -0.135. The molecule has 1 heterocycles. The highest BCUT2D eigenvalue weighted by molar-refractivity contribution is 7.86. The van der Waals surface area contributed by atoms with Gasteiger partial charge in [-0.15, -0.1) is 0 Å². The number of carbonyl (C=O) groups is 2. The maximum Gasteiger partial charge on any atom is 0.407 e. The Morgan fingerprint density at radius 2 is 2.09 bits per heavy atom. The zero-order valence-electron chi connectivity index (χ0n) is 12.2. The van der Waals surface area contributed by atoms with Crippen molar-refractivity contribution < 1.29 is 27.3 Å². The molecule has 1 aromatic rings. The SMILES string of the molecule is CS(=O)(=O)Oc1ccc(Cl)c(CN2CCN(C(=O)O)CC2=O)c1. The Labute approximate surface area is 138 Å². The van der Waals surface area contributed by atoms with E-state index in [9.17, 15) is 18.0 Å². The highest BCUT2D eigenvalue weighted by Crippen LogP contribution is 2.25. The van der Waals surface area contributed by atoms with E-state index in [1.807, 2.05) is 0 Å². The molecular formula is C13H15ClN2O6S. The van der Waals surface area contributed by atoms with Crippen molar-refractivity contribution in [1.82, 2.24) is 9.80 Å². The molecule has 1 fully saturated rings. The Bertz CT molecular complexity index is 736. The van der Waals surface area contributed by atoms with Gasteiger partial charge in [0.1, 0.15) is 12.3 Å². The van der Waals surface area contributed by atoms with E-state index in [1.54, 1.807) is 0 Å². The van der Waals surface area contributed by atoms with Crippen molar-refractivity contribution in [3.63, 3.8) is 0 Å². The smallest absolute Gasteiger partial charge is 0.407 e. The quantitative estimate of drug-likeness (QED) is 0.801. The molecule has 1 aliphatic rings. The van der Waals surface area contributed by atoms with Crippen molar-refractivity contribution in [3.05, 3.63) is 28.8 Å². The summed E-state index contributed by atoms with van der Waals surface area (Å²) in [5.74, 6) is -0.243. The Morgan fingerprint density at radius 3 is 2.65 bits per heavy atom. The predicted molar refractivity (Wildman–Crippen MR) is 81.9 cm³/mol. The lowest BCUT2D eigenvalue weighted by atomic mass is 10.2. The molecule has 0 bridgehead atoms. The van der Waals surface area contributed by atoms with Gasteiger partial charge in [0.25, 0.3) is 0 Å². The van der Waals surface area contributed by atoms with E-state index in [4.69, 9.17) is 20.9 Å². The molecule has 0 radical (unpaired) electrons. The van der Waals surface area contributed by atoms with Gasteiger partial charge < -0.3 is 14.2 Å². The molecule has 1 saturated heterocycles. The molecule has 1 N–H and O–H groups in total. The first-order chi connectivity index (χ1) is 10.7. The number of carboxylic acid groups (broad SMARTS) is 1. The average Bonchev–Trinajstić information content (AvgIpc) is 2.42. The molecule has 0 aromatic heterocycles. The lowest BCUT2D eigenvalue weighted by Crippen LogP contribution is -2.51. The van der Waals surface area contributed by atoms with Crippen LogP contribution in [0.4, 0.5) is 4.79 Å². The van der Waals surface area contributed by atoms with Gasteiger partial charge in [-0.2, -0.15) is 8.42 Å². The normalized spacial score (nSPS) is 15.7. The van der Waals surface area contributed by atoms with Crippen LogP contribution in [0.15, 0.2) is 18.2 Å². The zero-order chi connectivity index (χ0) is 17.2. The number of rotatable bonds is 4. The van der Waals surface area contributed by atoms with Crippen LogP contribution in [-0.2, 0) is 21.5 Å². The van der Waals surface area contributed by atoms with Gasteiger partial charge in [0.05, 0.1) is 6.26 Å². The van der Waals surface area contributed by atoms with E-state index in [2.05, 4.69) is 0 Å². The minimum Gasteiger partial charge on any atom is -0.465 e. The van der Waals surface area contributed by atoms with E-state index < -0.39 is 16.2 Å². The first kappa shape index (κ1) is 17.4. The number of hydrogen-bond acceptors (Lipinski definition) is 5. The molecule has 126 valence electrons. The summed E-state index contributed by atoms with van der Waals surface area (Å²) in [6.07, 6.45) is -0.213. The highest BCUT2D eigenvalue weighted by Gasteiger charge is 2.27. The number of halogens is 1. The minimum atomic E-state index is -3.66. The summed E-state index contributed by atoms with van der Waals surface area (Å²) < 4.78 is 27.1. The van der Waals surface area contributed by atoms with Crippen molar-refractivity contribution in [2.75, 3.05) is 25.9 Å². The van der Waals surface area contributed by atoms with Crippen molar-refractivity contribution in [3.8, 4) is 5.75 Å². The second kappa shape index (κ2) is 6.63. The van der Waals surface area contributed by atoms with Crippen LogP contribution in [0.2, 0.25) is 5.02 Å². The maximum atomic E-state index is 12.0. The molecule has 2 rings (SSSR count). The first-order valence-electron chi connectivity index (χ1n) is 6.59. The number of nitrogens with zero attached hydrogens (tertiary/aromatic N) is 2. The van der Waals surface area contributed by atoms with Crippen LogP contribution in [0.3, 0.4) is 0 Å². The van der Waals surface area contributed by atoms with Gasteiger partial charge in [-0.1, -0.05) is 11.6 Å². The molecule has 0 saturated carbocycles. The number of carbonyl (C=O) groups excluding carboxylic acids is 1. The van der Waals surface area contributed by atoms with E-state index >= 15 is 0 Å². The highest BCUT2D eigenvalue weighted by atomic mass is 35.5. The fourth-order valence-electron chi connectivity index (χ4n) is 2.14. The summed E-state index contributed by atoms with van der Waals surface area (Å²) in [5.41, 5.74) is 0.518. The Hall–Kier alpha value is -2.00. The summed E-state index contributed by atoms with van der Waals surface area (Å²) in [6.45, 7) is 0.370. The van der Waals surface area contributed by atoms with Crippen LogP contribution < -0.4 is 4.18 Å². The number of benzene rings is 1.